The van der Waals surface area contributed by atoms with Crippen molar-refractivity contribution in [3.05, 3.63) is 59.7 Å². The van der Waals surface area contributed by atoms with Crippen LogP contribution in [0, 0.1) is 13.8 Å². The van der Waals surface area contributed by atoms with Gasteiger partial charge in [-0.2, -0.15) is 4.31 Å². The maximum atomic E-state index is 13.1. The molecular weight excluding hydrogens is 440 g/mol. The number of ether oxygens (including phenoxy) is 2. The molecule has 1 aliphatic heterocycles. The van der Waals surface area contributed by atoms with Gasteiger partial charge in [0.25, 0.3) is 0 Å². The first-order valence-corrected chi connectivity index (χ1v) is 12.2. The van der Waals surface area contributed by atoms with E-state index < -0.39 is 10.0 Å². The van der Waals surface area contributed by atoms with E-state index in [2.05, 4.69) is 10.2 Å². The van der Waals surface area contributed by atoms with Gasteiger partial charge in [0.05, 0.1) is 24.8 Å². The summed E-state index contributed by atoms with van der Waals surface area (Å²) in [7, 11) is -0.298. The van der Waals surface area contributed by atoms with Crippen LogP contribution in [0.4, 0.5) is 5.82 Å². The van der Waals surface area contributed by atoms with E-state index in [1.165, 1.54) is 4.31 Å². The first kappa shape index (κ1) is 23.0. The molecule has 2 aromatic carbocycles. The highest BCUT2D eigenvalue weighted by atomic mass is 32.2. The molecule has 0 spiro atoms. The van der Waals surface area contributed by atoms with Crippen LogP contribution in [0.1, 0.15) is 11.1 Å². The van der Waals surface area contributed by atoms with Gasteiger partial charge < -0.3 is 14.4 Å². The molecule has 0 bridgehead atoms. The Kier molecular flexibility index (Phi) is 6.53. The molecule has 0 radical (unpaired) electrons. The molecule has 1 aromatic heterocycles. The highest BCUT2D eigenvalue weighted by Crippen LogP contribution is 2.32. The van der Waals surface area contributed by atoms with Gasteiger partial charge in [-0.1, -0.05) is 6.07 Å². The smallest absolute Gasteiger partial charge is 0.243 e. The van der Waals surface area contributed by atoms with Gasteiger partial charge in [-0.05, 0) is 67.4 Å². The van der Waals surface area contributed by atoms with Crippen LogP contribution in [-0.2, 0) is 10.0 Å². The lowest BCUT2D eigenvalue weighted by atomic mass is 10.1. The van der Waals surface area contributed by atoms with E-state index in [-0.39, 0.29) is 0 Å². The van der Waals surface area contributed by atoms with E-state index in [1.807, 2.05) is 55.1 Å². The average Bonchev–Trinajstić information content (AvgIpc) is 2.85. The van der Waals surface area contributed by atoms with Gasteiger partial charge >= 0.3 is 0 Å². The third-order valence-corrected chi connectivity index (χ3v) is 7.91. The maximum absolute atomic E-state index is 13.1. The molecule has 0 N–H and O–H groups in total. The summed E-state index contributed by atoms with van der Waals surface area (Å²) in [5, 5.41) is 8.77. The molecule has 0 aliphatic carbocycles. The summed E-state index contributed by atoms with van der Waals surface area (Å²) < 4.78 is 38.4. The number of benzene rings is 2. The van der Waals surface area contributed by atoms with Crippen molar-refractivity contribution in [1.29, 1.82) is 0 Å². The molecule has 1 saturated heterocycles. The van der Waals surface area contributed by atoms with Gasteiger partial charge in [-0.3, -0.25) is 0 Å². The predicted octanol–water partition coefficient (Wildman–Crippen LogP) is 3.29. The maximum Gasteiger partial charge on any atom is 0.243 e. The third kappa shape index (κ3) is 4.65. The highest BCUT2D eigenvalue weighted by molar-refractivity contribution is 7.89. The topological polar surface area (TPSA) is 84.9 Å². The van der Waals surface area contributed by atoms with Crippen molar-refractivity contribution in [3.63, 3.8) is 0 Å². The molecule has 174 valence electrons. The normalized spacial score (nSPS) is 14.8. The molecule has 1 aliphatic rings. The van der Waals surface area contributed by atoms with E-state index in [4.69, 9.17) is 9.47 Å². The summed E-state index contributed by atoms with van der Waals surface area (Å²) in [6.07, 6.45) is 0. The number of aryl methyl sites for hydroxylation is 2. The average molecular weight is 469 g/mol. The Labute approximate surface area is 194 Å². The lowest BCUT2D eigenvalue weighted by Gasteiger charge is -2.34. The van der Waals surface area contributed by atoms with Crippen LogP contribution in [0.15, 0.2) is 53.4 Å². The Balaban J connectivity index is 1.47. The zero-order valence-corrected chi connectivity index (χ0v) is 20.1. The van der Waals surface area contributed by atoms with Crippen molar-refractivity contribution < 1.29 is 17.9 Å². The van der Waals surface area contributed by atoms with Crippen LogP contribution in [0.5, 0.6) is 11.5 Å². The van der Waals surface area contributed by atoms with Crippen molar-refractivity contribution in [2.45, 2.75) is 18.7 Å². The fourth-order valence-corrected chi connectivity index (χ4v) is 5.34. The Morgan fingerprint density at radius 2 is 1.58 bits per heavy atom. The van der Waals surface area contributed by atoms with E-state index in [1.54, 1.807) is 26.4 Å². The summed E-state index contributed by atoms with van der Waals surface area (Å²) in [4.78, 5) is 2.39. The number of sulfonamides is 1. The molecule has 0 unspecified atom stereocenters. The number of piperazine rings is 1. The van der Waals surface area contributed by atoms with Crippen LogP contribution in [0.25, 0.3) is 11.3 Å². The van der Waals surface area contributed by atoms with Crippen LogP contribution in [-0.4, -0.2) is 63.3 Å². The zero-order valence-electron chi connectivity index (χ0n) is 19.3. The number of hydrogen-bond acceptors (Lipinski definition) is 7. The second-order valence-electron chi connectivity index (χ2n) is 7.98. The summed E-state index contributed by atoms with van der Waals surface area (Å²) in [6.45, 7) is 5.77. The quantitative estimate of drug-likeness (QED) is 0.549. The molecule has 0 atom stereocenters. The number of aromatic nitrogens is 2. The largest absolute Gasteiger partial charge is 0.497 e. The Bertz CT molecular complexity index is 1240. The molecule has 0 saturated carbocycles. The number of anilines is 1. The van der Waals surface area contributed by atoms with E-state index in [0.717, 1.165) is 16.7 Å². The second kappa shape index (κ2) is 9.36. The molecule has 9 heteroatoms. The summed E-state index contributed by atoms with van der Waals surface area (Å²) in [5.41, 5.74) is 3.51. The molecule has 1 fully saturated rings. The van der Waals surface area contributed by atoms with Crippen LogP contribution in [0.2, 0.25) is 0 Å². The fraction of sp³-hybridized carbons (Fsp3) is 0.333. The molecule has 3 aromatic rings. The molecular formula is C24H28N4O4S. The van der Waals surface area contributed by atoms with E-state index in [0.29, 0.717) is 54.1 Å². The molecule has 8 nitrogen and oxygen atoms in total. The Morgan fingerprint density at radius 3 is 2.18 bits per heavy atom. The lowest BCUT2D eigenvalue weighted by Crippen LogP contribution is -2.49. The van der Waals surface area contributed by atoms with E-state index in [9.17, 15) is 8.42 Å². The van der Waals surface area contributed by atoms with Gasteiger partial charge in [0.1, 0.15) is 11.5 Å². The SMILES string of the molecule is COc1ccc(OC)c(-c2ccc(N3CCN(S(=O)(=O)c4ccc(C)c(C)c4)CC3)nn2)c1. The molecule has 4 rings (SSSR count). The van der Waals surface area contributed by atoms with Crippen molar-refractivity contribution in [3.8, 4) is 22.8 Å². The molecule has 2 heterocycles. The third-order valence-electron chi connectivity index (χ3n) is 6.01. The highest BCUT2D eigenvalue weighted by Gasteiger charge is 2.29. The van der Waals surface area contributed by atoms with Gasteiger partial charge in [-0.15, -0.1) is 10.2 Å². The number of rotatable bonds is 6. The van der Waals surface area contributed by atoms with Crippen molar-refractivity contribution in [2.75, 3.05) is 45.3 Å². The van der Waals surface area contributed by atoms with Gasteiger partial charge in [-0.25, -0.2) is 8.42 Å². The van der Waals surface area contributed by atoms with Crippen LogP contribution in [0.3, 0.4) is 0 Å². The minimum absolute atomic E-state index is 0.343. The number of nitrogens with zero attached hydrogens (tertiary/aromatic N) is 4. The standard InChI is InChI=1S/C24H28N4O4S/c1-17-5-7-20(15-18(17)2)33(29,30)28-13-11-27(12-14-28)24-10-8-22(25-26-24)21-16-19(31-3)6-9-23(21)32-4/h5-10,15-16H,11-14H2,1-4H3. The minimum atomic E-state index is -3.52. The molecule has 33 heavy (non-hydrogen) atoms. The van der Waals surface area contributed by atoms with Gasteiger partial charge in [0.15, 0.2) is 5.82 Å². The fourth-order valence-electron chi connectivity index (χ4n) is 3.83. The monoisotopic (exact) mass is 468 g/mol. The Hall–Kier alpha value is -3.17. The van der Waals surface area contributed by atoms with Gasteiger partial charge in [0.2, 0.25) is 10.0 Å². The summed E-state index contributed by atoms with van der Waals surface area (Å²) >= 11 is 0. The van der Waals surface area contributed by atoms with Crippen molar-refractivity contribution >= 4 is 15.8 Å². The first-order valence-electron chi connectivity index (χ1n) is 10.7. The number of methoxy groups -OCH3 is 2. The van der Waals surface area contributed by atoms with Crippen molar-refractivity contribution in [2.24, 2.45) is 0 Å². The van der Waals surface area contributed by atoms with E-state index >= 15 is 0 Å². The van der Waals surface area contributed by atoms with Crippen LogP contribution < -0.4 is 14.4 Å². The van der Waals surface area contributed by atoms with Crippen LogP contribution >= 0.6 is 0 Å². The summed E-state index contributed by atoms with van der Waals surface area (Å²) in [5.74, 6) is 2.10. The number of hydrogen-bond donors (Lipinski definition) is 0. The summed E-state index contributed by atoms with van der Waals surface area (Å²) in [6, 6.07) is 14.6. The zero-order chi connectivity index (χ0) is 23.6. The predicted molar refractivity (Wildman–Crippen MR) is 127 cm³/mol. The minimum Gasteiger partial charge on any atom is -0.497 e. The van der Waals surface area contributed by atoms with Gasteiger partial charge in [0, 0.05) is 31.7 Å². The van der Waals surface area contributed by atoms with Crippen molar-refractivity contribution in [1.82, 2.24) is 14.5 Å². The second-order valence-corrected chi connectivity index (χ2v) is 9.92. The first-order chi connectivity index (χ1) is 15.8. The lowest BCUT2D eigenvalue weighted by molar-refractivity contribution is 0.383. The molecule has 0 amide bonds. The Morgan fingerprint density at radius 1 is 0.818 bits per heavy atom.